The Morgan fingerprint density at radius 1 is 1.16 bits per heavy atom. The van der Waals surface area contributed by atoms with E-state index in [-0.39, 0.29) is 0 Å². The average Bonchev–Trinajstić information content (AvgIpc) is 2.62. The Morgan fingerprint density at radius 3 is 2.80 bits per heavy atom. The van der Waals surface area contributed by atoms with Crippen molar-refractivity contribution in [3.63, 3.8) is 0 Å². The van der Waals surface area contributed by atoms with E-state index in [0.29, 0.717) is 17.4 Å². The summed E-state index contributed by atoms with van der Waals surface area (Å²) in [6, 6.07) is 17.7. The molecular weight excluding hydrogens is 332 g/mol. The van der Waals surface area contributed by atoms with Crippen molar-refractivity contribution in [1.29, 1.82) is 5.26 Å². The number of nitrogens with zero attached hydrogens (tertiary/aromatic N) is 3. The van der Waals surface area contributed by atoms with E-state index in [2.05, 4.69) is 27.4 Å². The number of ether oxygens (including phenoxy) is 1. The van der Waals surface area contributed by atoms with Gasteiger partial charge < -0.3 is 10.1 Å². The first-order valence-corrected chi connectivity index (χ1v) is 8.42. The van der Waals surface area contributed by atoms with Crippen molar-refractivity contribution in [2.75, 3.05) is 12.4 Å². The van der Waals surface area contributed by atoms with E-state index in [4.69, 9.17) is 4.74 Å². The molecule has 5 nitrogen and oxygen atoms in total. The molecule has 0 aliphatic heterocycles. The van der Waals surface area contributed by atoms with Crippen LogP contribution in [0.1, 0.15) is 11.1 Å². The van der Waals surface area contributed by atoms with Gasteiger partial charge in [-0.25, -0.2) is 4.98 Å². The van der Waals surface area contributed by atoms with Crippen molar-refractivity contribution in [3.8, 4) is 11.9 Å². The highest BCUT2D eigenvalue weighted by Gasteiger charge is 2.08. The molecule has 1 aromatic heterocycles. The highest BCUT2D eigenvalue weighted by molar-refractivity contribution is 7.99. The lowest BCUT2D eigenvalue weighted by molar-refractivity contribution is 0.397. The highest BCUT2D eigenvalue weighted by atomic mass is 32.2. The van der Waals surface area contributed by atoms with Crippen LogP contribution in [-0.2, 0) is 0 Å². The molecule has 0 unspecified atom stereocenters. The Balaban J connectivity index is 1.88. The number of hydrogen-bond acceptors (Lipinski definition) is 6. The Bertz CT molecular complexity index is 937. The molecule has 0 amide bonds. The van der Waals surface area contributed by atoms with E-state index in [0.717, 1.165) is 15.5 Å². The zero-order valence-corrected chi connectivity index (χ0v) is 14.7. The molecule has 0 radical (unpaired) electrons. The van der Waals surface area contributed by atoms with Crippen molar-refractivity contribution in [1.82, 2.24) is 9.97 Å². The lowest BCUT2D eigenvalue weighted by Crippen LogP contribution is -1.98. The number of rotatable bonds is 5. The molecule has 6 heteroatoms. The second-order valence-corrected chi connectivity index (χ2v) is 6.40. The zero-order chi connectivity index (χ0) is 17.6. The van der Waals surface area contributed by atoms with E-state index in [1.807, 2.05) is 37.3 Å². The van der Waals surface area contributed by atoms with Crippen LogP contribution in [0.5, 0.6) is 5.88 Å². The topological polar surface area (TPSA) is 70.8 Å². The van der Waals surface area contributed by atoms with Crippen molar-refractivity contribution in [2.45, 2.75) is 16.7 Å². The number of methoxy groups -OCH3 is 1. The number of nitrogens with one attached hydrogen (secondary N) is 1. The van der Waals surface area contributed by atoms with Gasteiger partial charge in [-0.1, -0.05) is 29.5 Å². The predicted octanol–water partition coefficient (Wildman–Crippen LogP) is 4.56. The van der Waals surface area contributed by atoms with Gasteiger partial charge in [0.15, 0.2) is 0 Å². The number of benzene rings is 2. The molecule has 3 aromatic rings. The summed E-state index contributed by atoms with van der Waals surface area (Å²) in [5, 5.41) is 12.5. The van der Waals surface area contributed by atoms with Crippen LogP contribution in [0.4, 0.5) is 11.6 Å². The zero-order valence-electron chi connectivity index (χ0n) is 13.9. The molecule has 0 saturated heterocycles. The van der Waals surface area contributed by atoms with Crippen LogP contribution in [0.15, 0.2) is 64.5 Å². The molecule has 2 aromatic carbocycles. The van der Waals surface area contributed by atoms with Crippen LogP contribution in [0.3, 0.4) is 0 Å². The van der Waals surface area contributed by atoms with Gasteiger partial charge in [0.05, 0.1) is 12.7 Å². The molecule has 25 heavy (non-hydrogen) atoms. The highest BCUT2D eigenvalue weighted by Crippen LogP contribution is 2.33. The van der Waals surface area contributed by atoms with Gasteiger partial charge in [-0.3, -0.25) is 0 Å². The third-order valence-electron chi connectivity index (χ3n) is 3.41. The van der Waals surface area contributed by atoms with Gasteiger partial charge in [-0.05, 0) is 37.3 Å². The van der Waals surface area contributed by atoms with Crippen molar-refractivity contribution in [3.05, 3.63) is 65.9 Å². The first-order valence-electron chi connectivity index (χ1n) is 7.60. The first-order chi connectivity index (χ1) is 12.2. The molecule has 0 aliphatic carbocycles. The minimum Gasteiger partial charge on any atom is -0.481 e. The SMILES string of the molecule is COc1ccnc(Nc2ccc(C#N)c(Sc3cccc(C)c3)c2)n1. The molecule has 3 rings (SSSR count). The normalized spacial score (nSPS) is 10.1. The maximum absolute atomic E-state index is 9.38. The summed E-state index contributed by atoms with van der Waals surface area (Å²) >= 11 is 1.56. The summed E-state index contributed by atoms with van der Waals surface area (Å²) in [4.78, 5) is 10.4. The van der Waals surface area contributed by atoms with Crippen LogP contribution < -0.4 is 10.1 Å². The Hall–Kier alpha value is -3.04. The molecule has 124 valence electrons. The van der Waals surface area contributed by atoms with Crippen LogP contribution in [0, 0.1) is 18.3 Å². The Morgan fingerprint density at radius 2 is 2.04 bits per heavy atom. The van der Waals surface area contributed by atoms with E-state index >= 15 is 0 Å². The minimum atomic E-state index is 0.440. The van der Waals surface area contributed by atoms with Crippen LogP contribution in [-0.4, -0.2) is 17.1 Å². The second kappa shape index (κ2) is 7.69. The maximum Gasteiger partial charge on any atom is 0.230 e. The van der Waals surface area contributed by atoms with Gasteiger partial charge in [0.1, 0.15) is 6.07 Å². The predicted molar refractivity (Wildman–Crippen MR) is 98.3 cm³/mol. The number of aryl methyl sites for hydroxylation is 1. The lowest BCUT2D eigenvalue weighted by Gasteiger charge is -2.09. The number of aromatic nitrogens is 2. The van der Waals surface area contributed by atoms with E-state index in [1.54, 1.807) is 37.2 Å². The minimum absolute atomic E-state index is 0.440. The fourth-order valence-electron chi connectivity index (χ4n) is 2.23. The van der Waals surface area contributed by atoms with Gasteiger partial charge in [0, 0.05) is 27.7 Å². The van der Waals surface area contributed by atoms with Gasteiger partial charge in [-0.2, -0.15) is 10.2 Å². The summed E-state index contributed by atoms with van der Waals surface area (Å²) in [6.07, 6.45) is 1.63. The fraction of sp³-hybridized carbons (Fsp3) is 0.105. The van der Waals surface area contributed by atoms with Gasteiger partial charge in [0.25, 0.3) is 0 Å². The molecule has 0 spiro atoms. The van der Waals surface area contributed by atoms with E-state index < -0.39 is 0 Å². The van der Waals surface area contributed by atoms with Gasteiger partial charge in [-0.15, -0.1) is 0 Å². The molecule has 0 atom stereocenters. The standard InChI is InChI=1S/C19H16N4OS/c1-13-4-3-5-16(10-13)25-17-11-15(7-6-14(17)12-20)22-19-21-9-8-18(23-19)24-2/h3-11H,1-2H3,(H,21,22,23). The summed E-state index contributed by atoms with van der Waals surface area (Å²) in [5.41, 5.74) is 2.62. The first kappa shape index (κ1) is 16.8. The fourth-order valence-corrected chi connectivity index (χ4v) is 3.28. The summed E-state index contributed by atoms with van der Waals surface area (Å²) in [5.74, 6) is 0.927. The molecule has 1 N–H and O–H groups in total. The summed E-state index contributed by atoms with van der Waals surface area (Å²) in [6.45, 7) is 2.05. The van der Waals surface area contributed by atoms with Crippen LogP contribution >= 0.6 is 11.8 Å². The van der Waals surface area contributed by atoms with Gasteiger partial charge in [0.2, 0.25) is 11.8 Å². The molecule has 1 heterocycles. The summed E-state index contributed by atoms with van der Waals surface area (Å²) in [7, 11) is 1.56. The second-order valence-electron chi connectivity index (χ2n) is 5.29. The largest absolute Gasteiger partial charge is 0.481 e. The maximum atomic E-state index is 9.38. The van der Waals surface area contributed by atoms with Crippen molar-refractivity contribution < 1.29 is 4.74 Å². The molecule has 0 fully saturated rings. The number of nitriles is 1. The van der Waals surface area contributed by atoms with Crippen LogP contribution in [0.25, 0.3) is 0 Å². The van der Waals surface area contributed by atoms with Crippen molar-refractivity contribution in [2.24, 2.45) is 0 Å². The third kappa shape index (κ3) is 4.28. The van der Waals surface area contributed by atoms with E-state index in [9.17, 15) is 5.26 Å². The number of anilines is 2. The lowest BCUT2D eigenvalue weighted by atomic mass is 10.2. The Kier molecular flexibility index (Phi) is 5.17. The Labute approximate surface area is 150 Å². The quantitative estimate of drug-likeness (QED) is 0.729. The van der Waals surface area contributed by atoms with Crippen molar-refractivity contribution >= 4 is 23.4 Å². The number of hydrogen-bond donors (Lipinski definition) is 1. The molecule has 0 aliphatic rings. The van der Waals surface area contributed by atoms with E-state index in [1.165, 1.54) is 5.56 Å². The molecule has 0 bridgehead atoms. The third-order valence-corrected chi connectivity index (χ3v) is 4.46. The van der Waals surface area contributed by atoms with Crippen LogP contribution in [0.2, 0.25) is 0 Å². The molecule has 0 saturated carbocycles. The summed E-state index contributed by atoms with van der Waals surface area (Å²) < 4.78 is 5.10. The average molecular weight is 348 g/mol. The van der Waals surface area contributed by atoms with Gasteiger partial charge >= 0.3 is 0 Å². The monoisotopic (exact) mass is 348 g/mol. The molecular formula is C19H16N4OS. The smallest absolute Gasteiger partial charge is 0.230 e.